The maximum atomic E-state index is 14.0. The molecule has 0 saturated heterocycles. The number of nitrogens with zero attached hydrogens (tertiary/aromatic N) is 7. The molecule has 228 valence electrons. The summed E-state index contributed by atoms with van der Waals surface area (Å²) in [4.78, 5) is 44.9. The van der Waals surface area contributed by atoms with Crippen molar-refractivity contribution in [2.24, 2.45) is 0 Å². The minimum Gasteiger partial charge on any atom is -0.468 e. The third kappa shape index (κ3) is 5.34. The highest BCUT2D eigenvalue weighted by Crippen LogP contribution is 2.34. The van der Waals surface area contributed by atoms with Crippen molar-refractivity contribution >= 4 is 17.1 Å². The standard InChI is InChI=1S/C31H34N8O5/c1-19(43-2)39-30(41)26-29(38(31(39)42)18-25(40)44-3)32-28(22-9-5-4-6-10-22)37(26)17-20-13-15-21(16-14-20)23-11-7-8-12-24(23)27-33-35-36-34-27/h7-8,11-16,19,22H,4-6,9-10,17-18H2,1-3H3,(H,33,34,35,36). The van der Waals surface area contributed by atoms with Crippen LogP contribution in [-0.2, 0) is 27.4 Å². The van der Waals surface area contributed by atoms with E-state index in [2.05, 4.69) is 20.6 Å². The molecule has 3 heterocycles. The number of ether oxygens (including phenoxy) is 2. The van der Waals surface area contributed by atoms with Crippen molar-refractivity contribution < 1.29 is 14.3 Å². The molecule has 1 aliphatic rings. The van der Waals surface area contributed by atoms with Crippen LogP contribution < -0.4 is 11.2 Å². The van der Waals surface area contributed by atoms with E-state index in [4.69, 9.17) is 14.5 Å². The van der Waals surface area contributed by atoms with Crippen LogP contribution in [0, 0.1) is 0 Å². The van der Waals surface area contributed by atoms with Crippen molar-refractivity contribution in [3.05, 3.63) is 80.8 Å². The Morgan fingerprint density at radius 3 is 2.39 bits per heavy atom. The quantitative estimate of drug-likeness (QED) is 0.251. The van der Waals surface area contributed by atoms with Crippen molar-refractivity contribution in [3.63, 3.8) is 0 Å². The second kappa shape index (κ2) is 12.4. The van der Waals surface area contributed by atoms with E-state index in [1.54, 1.807) is 6.92 Å². The number of benzene rings is 2. The third-order valence-corrected chi connectivity index (χ3v) is 8.42. The van der Waals surface area contributed by atoms with Crippen molar-refractivity contribution in [2.75, 3.05) is 14.2 Å². The Kier molecular flexibility index (Phi) is 8.20. The average Bonchev–Trinajstić information content (AvgIpc) is 3.73. The summed E-state index contributed by atoms with van der Waals surface area (Å²) in [6.45, 7) is 1.59. The Morgan fingerprint density at radius 1 is 1.00 bits per heavy atom. The molecule has 1 aliphatic carbocycles. The van der Waals surface area contributed by atoms with E-state index in [1.165, 1.54) is 18.8 Å². The van der Waals surface area contributed by atoms with Gasteiger partial charge in [0.1, 0.15) is 18.6 Å². The van der Waals surface area contributed by atoms with Gasteiger partial charge in [0.05, 0.1) is 7.11 Å². The molecule has 1 saturated carbocycles. The molecule has 13 heteroatoms. The summed E-state index contributed by atoms with van der Waals surface area (Å²) in [5, 5.41) is 14.3. The first-order valence-electron chi connectivity index (χ1n) is 14.7. The molecule has 0 amide bonds. The van der Waals surface area contributed by atoms with Gasteiger partial charge < -0.3 is 14.0 Å². The maximum absolute atomic E-state index is 14.0. The topological polar surface area (TPSA) is 152 Å². The molecule has 2 aromatic carbocycles. The van der Waals surface area contributed by atoms with Gasteiger partial charge in [0.2, 0.25) is 0 Å². The van der Waals surface area contributed by atoms with Gasteiger partial charge >= 0.3 is 11.7 Å². The van der Waals surface area contributed by atoms with E-state index in [0.29, 0.717) is 12.4 Å². The van der Waals surface area contributed by atoms with Gasteiger partial charge in [-0.3, -0.25) is 14.2 Å². The summed E-state index contributed by atoms with van der Waals surface area (Å²) in [7, 11) is 2.68. The molecule has 13 nitrogen and oxygen atoms in total. The lowest BCUT2D eigenvalue weighted by atomic mass is 9.88. The minimum absolute atomic E-state index is 0.118. The van der Waals surface area contributed by atoms with Gasteiger partial charge in [-0.25, -0.2) is 19.4 Å². The number of esters is 1. The number of rotatable bonds is 9. The van der Waals surface area contributed by atoms with Crippen molar-refractivity contribution in [1.82, 2.24) is 39.3 Å². The molecule has 1 unspecified atom stereocenters. The largest absolute Gasteiger partial charge is 0.468 e. The summed E-state index contributed by atoms with van der Waals surface area (Å²) in [6.07, 6.45) is 4.27. The van der Waals surface area contributed by atoms with Crippen LogP contribution in [0.15, 0.2) is 58.1 Å². The van der Waals surface area contributed by atoms with Gasteiger partial charge in [-0.1, -0.05) is 67.8 Å². The van der Waals surface area contributed by atoms with Gasteiger partial charge in [-0.15, -0.1) is 5.10 Å². The van der Waals surface area contributed by atoms with E-state index in [-0.39, 0.29) is 23.6 Å². The fraction of sp³-hybridized carbons (Fsp3) is 0.387. The van der Waals surface area contributed by atoms with Crippen molar-refractivity contribution in [3.8, 4) is 22.5 Å². The molecule has 0 spiro atoms. The van der Waals surface area contributed by atoms with Gasteiger partial charge in [-0.05, 0) is 46.9 Å². The number of methoxy groups -OCH3 is 2. The molecular weight excluding hydrogens is 564 g/mol. The maximum Gasteiger partial charge on any atom is 0.335 e. The molecule has 1 fully saturated rings. The Morgan fingerprint density at radius 2 is 1.73 bits per heavy atom. The lowest BCUT2D eigenvalue weighted by molar-refractivity contribution is -0.141. The molecule has 5 aromatic rings. The summed E-state index contributed by atoms with van der Waals surface area (Å²) in [5.74, 6) is 0.817. The number of tetrazole rings is 1. The normalized spacial score (nSPS) is 14.6. The van der Waals surface area contributed by atoms with E-state index in [9.17, 15) is 14.4 Å². The first-order valence-corrected chi connectivity index (χ1v) is 14.7. The van der Waals surface area contributed by atoms with Crippen LogP contribution in [0.2, 0.25) is 0 Å². The summed E-state index contributed by atoms with van der Waals surface area (Å²) < 4.78 is 14.4. The van der Waals surface area contributed by atoms with Gasteiger partial charge in [-0.2, -0.15) is 0 Å². The van der Waals surface area contributed by atoms with Crippen molar-refractivity contribution in [2.45, 2.75) is 64.3 Å². The zero-order chi connectivity index (χ0) is 30.8. The summed E-state index contributed by atoms with van der Waals surface area (Å²) in [6, 6.07) is 15.9. The fourth-order valence-electron chi connectivity index (χ4n) is 6.06. The number of hydrogen-bond donors (Lipinski definition) is 1. The van der Waals surface area contributed by atoms with Crippen LogP contribution in [-0.4, -0.2) is 59.5 Å². The second-order valence-electron chi connectivity index (χ2n) is 11.0. The predicted molar refractivity (Wildman–Crippen MR) is 162 cm³/mol. The number of aromatic nitrogens is 8. The number of imidazole rings is 1. The smallest absolute Gasteiger partial charge is 0.335 e. The highest BCUT2D eigenvalue weighted by Gasteiger charge is 2.29. The first-order chi connectivity index (χ1) is 21.4. The van der Waals surface area contributed by atoms with Gasteiger partial charge in [0.25, 0.3) is 5.56 Å². The minimum atomic E-state index is -0.858. The molecule has 44 heavy (non-hydrogen) atoms. The van der Waals surface area contributed by atoms with E-state index in [0.717, 1.165) is 64.7 Å². The number of carbonyl (C=O) groups excluding carboxylic acids is 1. The lowest BCUT2D eigenvalue weighted by Crippen LogP contribution is -2.43. The second-order valence-corrected chi connectivity index (χ2v) is 11.0. The number of carbonyl (C=O) groups is 1. The Labute approximate surface area is 252 Å². The van der Waals surface area contributed by atoms with Gasteiger partial charge in [0.15, 0.2) is 17.0 Å². The van der Waals surface area contributed by atoms with E-state index >= 15 is 0 Å². The zero-order valence-corrected chi connectivity index (χ0v) is 24.9. The fourth-order valence-corrected chi connectivity index (χ4v) is 6.06. The summed E-state index contributed by atoms with van der Waals surface area (Å²) in [5.41, 5.74) is 3.02. The summed E-state index contributed by atoms with van der Waals surface area (Å²) >= 11 is 0. The van der Waals surface area contributed by atoms with Crippen molar-refractivity contribution in [1.29, 1.82) is 0 Å². The van der Waals surface area contributed by atoms with Crippen LogP contribution >= 0.6 is 0 Å². The van der Waals surface area contributed by atoms with Crippen LogP contribution in [0.5, 0.6) is 0 Å². The Balaban J connectivity index is 1.49. The highest BCUT2D eigenvalue weighted by molar-refractivity contribution is 5.80. The monoisotopic (exact) mass is 598 g/mol. The number of H-pyrrole nitrogens is 1. The number of nitrogens with one attached hydrogen (secondary N) is 1. The molecule has 0 radical (unpaired) electrons. The molecule has 3 aromatic heterocycles. The molecule has 0 bridgehead atoms. The highest BCUT2D eigenvalue weighted by atomic mass is 16.5. The predicted octanol–water partition coefficient (Wildman–Crippen LogP) is 3.64. The average molecular weight is 599 g/mol. The molecule has 1 N–H and O–H groups in total. The number of hydrogen-bond acceptors (Lipinski definition) is 9. The molecular formula is C31H34N8O5. The van der Waals surface area contributed by atoms with Gasteiger partial charge in [0, 0.05) is 25.1 Å². The number of aromatic amines is 1. The van der Waals surface area contributed by atoms with Crippen LogP contribution in [0.3, 0.4) is 0 Å². The molecule has 6 rings (SSSR count). The lowest BCUT2D eigenvalue weighted by Gasteiger charge is -2.22. The van der Waals surface area contributed by atoms with E-state index < -0.39 is 23.4 Å². The Hall–Kier alpha value is -4.91. The van der Waals surface area contributed by atoms with Crippen LogP contribution in [0.25, 0.3) is 33.7 Å². The van der Waals surface area contributed by atoms with Crippen LogP contribution in [0.4, 0.5) is 0 Å². The first kappa shape index (κ1) is 29.2. The Bertz CT molecular complexity index is 1900. The third-order valence-electron chi connectivity index (χ3n) is 8.42. The SMILES string of the molecule is COC(=O)Cn1c(=O)n(C(C)OC)c(=O)c2c1nc(C1CCCCC1)n2Cc1ccc(-c2ccccc2-c2nnn[nH]2)cc1. The van der Waals surface area contributed by atoms with E-state index in [1.807, 2.05) is 53.1 Å². The molecule has 1 atom stereocenters. The molecule has 0 aliphatic heterocycles. The zero-order valence-electron chi connectivity index (χ0n) is 24.9. The van der Waals surface area contributed by atoms with Crippen LogP contribution in [0.1, 0.15) is 62.6 Å². The number of fused-ring (bicyclic) bond motifs is 1.